The highest BCUT2D eigenvalue weighted by Crippen LogP contribution is 2.35. The molecule has 1 fully saturated rings. The lowest BCUT2D eigenvalue weighted by Gasteiger charge is -2.25. The topological polar surface area (TPSA) is 64.9 Å². The van der Waals surface area contributed by atoms with Gasteiger partial charge in [-0.3, -0.25) is 0 Å². The predicted molar refractivity (Wildman–Crippen MR) is 60.3 cm³/mol. The highest BCUT2D eigenvalue weighted by Gasteiger charge is 2.39. The maximum Gasteiger partial charge on any atom is 0.471 e. The van der Waals surface area contributed by atoms with Crippen molar-refractivity contribution in [1.29, 1.82) is 0 Å². The summed E-state index contributed by atoms with van der Waals surface area (Å²) in [7, 11) is 0. The normalized spacial score (nSPS) is 24.7. The Hall–Kier alpha value is -0.820. The van der Waals surface area contributed by atoms with Crippen LogP contribution in [0.1, 0.15) is 43.3 Å². The fourth-order valence-electron chi connectivity index (χ4n) is 2.17. The number of nitrogens with two attached hydrogens (primary N) is 1. The van der Waals surface area contributed by atoms with Crippen LogP contribution in [0, 0.1) is 5.92 Å². The first kappa shape index (κ1) is 15.2. The molecular formula is C10H15ClF3N3O. The van der Waals surface area contributed by atoms with Gasteiger partial charge in [0.25, 0.3) is 0 Å². The summed E-state index contributed by atoms with van der Waals surface area (Å²) in [5.41, 5.74) is 5.55. The Morgan fingerprint density at radius 3 is 2.28 bits per heavy atom. The monoisotopic (exact) mass is 285 g/mol. The maximum absolute atomic E-state index is 12.3. The van der Waals surface area contributed by atoms with E-state index >= 15 is 0 Å². The number of aromatic nitrogens is 2. The van der Waals surface area contributed by atoms with Crippen LogP contribution in [0.15, 0.2) is 4.52 Å². The van der Waals surface area contributed by atoms with Crippen molar-refractivity contribution < 1.29 is 17.7 Å². The minimum Gasteiger partial charge on any atom is -0.330 e. The average molecular weight is 286 g/mol. The van der Waals surface area contributed by atoms with Crippen LogP contribution in [0.2, 0.25) is 0 Å². The minimum atomic E-state index is -4.56. The number of nitrogens with zero attached hydrogens (tertiary/aromatic N) is 2. The Balaban J connectivity index is 0.00000162. The van der Waals surface area contributed by atoms with E-state index in [4.69, 9.17) is 5.73 Å². The third-order valence-electron chi connectivity index (χ3n) is 3.23. The van der Waals surface area contributed by atoms with Gasteiger partial charge in [-0.25, -0.2) is 0 Å². The standard InChI is InChI=1S/C10H14F3N3O.ClH/c11-10(12,13)9-15-8(16-17-9)7-3-1-6(5-14)2-4-7;/h6-7H,1-5,14H2;1H. The highest BCUT2D eigenvalue weighted by atomic mass is 35.5. The number of hydrogen-bond donors (Lipinski definition) is 1. The largest absolute Gasteiger partial charge is 0.471 e. The molecule has 0 amide bonds. The Morgan fingerprint density at radius 1 is 1.22 bits per heavy atom. The summed E-state index contributed by atoms with van der Waals surface area (Å²) in [5, 5.41) is 3.42. The summed E-state index contributed by atoms with van der Waals surface area (Å²) in [4.78, 5) is 3.42. The van der Waals surface area contributed by atoms with Crippen molar-refractivity contribution >= 4 is 12.4 Å². The second-order valence-electron chi connectivity index (χ2n) is 4.41. The van der Waals surface area contributed by atoms with E-state index < -0.39 is 12.1 Å². The second-order valence-corrected chi connectivity index (χ2v) is 4.41. The molecule has 0 radical (unpaired) electrons. The smallest absolute Gasteiger partial charge is 0.330 e. The van der Waals surface area contributed by atoms with Crippen LogP contribution in [0.25, 0.3) is 0 Å². The lowest BCUT2D eigenvalue weighted by molar-refractivity contribution is -0.159. The number of hydrogen-bond acceptors (Lipinski definition) is 4. The molecule has 4 nitrogen and oxygen atoms in total. The van der Waals surface area contributed by atoms with Gasteiger partial charge in [-0.05, 0) is 38.1 Å². The molecule has 1 saturated carbocycles. The van der Waals surface area contributed by atoms with Crippen molar-refractivity contribution in [1.82, 2.24) is 10.1 Å². The molecule has 1 heterocycles. The van der Waals surface area contributed by atoms with Crippen LogP contribution >= 0.6 is 12.4 Å². The van der Waals surface area contributed by atoms with Gasteiger partial charge in [0.2, 0.25) is 0 Å². The van der Waals surface area contributed by atoms with E-state index in [1.165, 1.54) is 0 Å². The maximum atomic E-state index is 12.3. The lowest BCUT2D eigenvalue weighted by Crippen LogP contribution is -2.21. The quantitative estimate of drug-likeness (QED) is 0.907. The Kier molecular flexibility index (Phi) is 4.98. The fourth-order valence-corrected chi connectivity index (χ4v) is 2.17. The zero-order chi connectivity index (χ0) is 12.5. The average Bonchev–Trinajstić information content (AvgIpc) is 2.78. The van der Waals surface area contributed by atoms with Crippen LogP contribution in [-0.2, 0) is 6.18 Å². The van der Waals surface area contributed by atoms with Gasteiger partial charge in [0.05, 0.1) is 0 Å². The van der Waals surface area contributed by atoms with Crippen molar-refractivity contribution in [2.24, 2.45) is 11.7 Å². The van der Waals surface area contributed by atoms with E-state index in [-0.39, 0.29) is 24.1 Å². The molecule has 2 N–H and O–H groups in total. The first-order chi connectivity index (χ1) is 8.00. The first-order valence-corrected chi connectivity index (χ1v) is 5.61. The second kappa shape index (κ2) is 5.88. The van der Waals surface area contributed by atoms with Crippen molar-refractivity contribution in [2.75, 3.05) is 6.54 Å². The van der Waals surface area contributed by atoms with Gasteiger partial charge in [0, 0.05) is 5.92 Å². The predicted octanol–water partition coefficient (Wildman–Crippen LogP) is 2.74. The number of halogens is 4. The number of rotatable bonds is 2. The Labute approximate surface area is 109 Å². The summed E-state index contributed by atoms with van der Waals surface area (Å²) >= 11 is 0. The van der Waals surface area contributed by atoms with E-state index in [1.54, 1.807) is 0 Å². The molecule has 1 aromatic heterocycles. The van der Waals surface area contributed by atoms with Gasteiger partial charge < -0.3 is 10.3 Å². The fraction of sp³-hybridized carbons (Fsp3) is 0.800. The van der Waals surface area contributed by atoms with Gasteiger partial charge in [-0.2, -0.15) is 18.2 Å². The molecule has 0 unspecified atom stereocenters. The molecule has 0 atom stereocenters. The minimum absolute atomic E-state index is 0. The molecule has 0 aromatic carbocycles. The van der Waals surface area contributed by atoms with Crippen molar-refractivity contribution in [3.05, 3.63) is 11.7 Å². The lowest BCUT2D eigenvalue weighted by atomic mass is 9.82. The van der Waals surface area contributed by atoms with E-state index in [1.807, 2.05) is 0 Å². The molecule has 0 bridgehead atoms. The third kappa shape index (κ3) is 3.35. The summed E-state index contributed by atoms with van der Waals surface area (Å²) in [6.45, 7) is 0.632. The van der Waals surface area contributed by atoms with E-state index in [9.17, 15) is 13.2 Å². The van der Waals surface area contributed by atoms with Crippen molar-refractivity contribution in [2.45, 2.75) is 37.8 Å². The molecule has 1 aromatic rings. The molecule has 2 rings (SSSR count). The molecule has 8 heteroatoms. The molecule has 0 spiro atoms. The van der Waals surface area contributed by atoms with Crippen LogP contribution in [-0.4, -0.2) is 16.7 Å². The van der Waals surface area contributed by atoms with Gasteiger partial charge in [0.1, 0.15) is 0 Å². The molecule has 1 aliphatic carbocycles. The molecule has 0 aliphatic heterocycles. The van der Waals surface area contributed by atoms with Gasteiger partial charge in [-0.15, -0.1) is 12.4 Å². The summed E-state index contributed by atoms with van der Waals surface area (Å²) in [6, 6.07) is 0. The summed E-state index contributed by atoms with van der Waals surface area (Å²) < 4.78 is 41.0. The Bertz CT molecular complexity index is 375. The van der Waals surface area contributed by atoms with Crippen LogP contribution in [0.4, 0.5) is 13.2 Å². The van der Waals surface area contributed by atoms with Gasteiger partial charge in [0.15, 0.2) is 5.82 Å². The summed E-state index contributed by atoms with van der Waals surface area (Å²) in [6.07, 6.45) is -1.18. The van der Waals surface area contributed by atoms with Crippen molar-refractivity contribution in [3.8, 4) is 0 Å². The summed E-state index contributed by atoms with van der Waals surface area (Å²) in [5.74, 6) is -0.640. The molecule has 18 heavy (non-hydrogen) atoms. The van der Waals surface area contributed by atoms with Crippen LogP contribution in [0.3, 0.4) is 0 Å². The van der Waals surface area contributed by atoms with Gasteiger partial charge in [-0.1, -0.05) is 5.16 Å². The Morgan fingerprint density at radius 2 is 1.83 bits per heavy atom. The van der Waals surface area contributed by atoms with Gasteiger partial charge >= 0.3 is 12.1 Å². The molecule has 104 valence electrons. The zero-order valence-corrected chi connectivity index (χ0v) is 10.4. The first-order valence-electron chi connectivity index (χ1n) is 5.61. The molecule has 1 aliphatic rings. The SMILES string of the molecule is Cl.NCC1CCC(c2noc(C(F)(F)F)n2)CC1. The van der Waals surface area contributed by atoms with E-state index in [2.05, 4.69) is 14.7 Å². The third-order valence-corrected chi connectivity index (χ3v) is 3.23. The highest BCUT2D eigenvalue weighted by molar-refractivity contribution is 5.85. The van der Waals surface area contributed by atoms with E-state index in [0.717, 1.165) is 25.7 Å². The zero-order valence-electron chi connectivity index (χ0n) is 9.61. The molecule has 0 saturated heterocycles. The van der Waals surface area contributed by atoms with Crippen LogP contribution < -0.4 is 5.73 Å². The van der Waals surface area contributed by atoms with Crippen molar-refractivity contribution in [3.63, 3.8) is 0 Å². The van der Waals surface area contributed by atoms with Crippen LogP contribution in [0.5, 0.6) is 0 Å². The molecular weight excluding hydrogens is 271 g/mol. The number of alkyl halides is 3. The van der Waals surface area contributed by atoms with E-state index in [0.29, 0.717) is 12.5 Å².